The SMILES string of the molecule is COC(=O)[C@H]1C[C@@H]2C(=O)N[C@H]1C(=O)N2c1ccccc1. The maximum absolute atomic E-state index is 12.5. The van der Waals surface area contributed by atoms with Crippen LogP contribution in [-0.4, -0.2) is 37.0 Å². The van der Waals surface area contributed by atoms with Gasteiger partial charge in [-0.05, 0) is 18.6 Å². The average molecular weight is 274 g/mol. The van der Waals surface area contributed by atoms with E-state index in [1.54, 1.807) is 24.3 Å². The van der Waals surface area contributed by atoms with Crippen LogP contribution in [0, 0.1) is 5.92 Å². The van der Waals surface area contributed by atoms with Crippen molar-refractivity contribution in [3.8, 4) is 0 Å². The monoisotopic (exact) mass is 274 g/mol. The number of para-hydroxylation sites is 1. The van der Waals surface area contributed by atoms with Gasteiger partial charge in [0.1, 0.15) is 12.1 Å². The third kappa shape index (κ3) is 1.76. The second kappa shape index (κ2) is 4.63. The summed E-state index contributed by atoms with van der Waals surface area (Å²) in [6, 6.07) is 7.52. The Kier molecular flexibility index (Phi) is 2.93. The molecule has 3 aliphatic heterocycles. The first-order chi connectivity index (χ1) is 9.63. The lowest BCUT2D eigenvalue weighted by atomic mass is 9.81. The number of carbonyl (C=O) groups excluding carboxylic acids is 3. The van der Waals surface area contributed by atoms with Crippen molar-refractivity contribution in [1.82, 2.24) is 5.32 Å². The fourth-order valence-electron chi connectivity index (χ4n) is 2.87. The number of nitrogens with one attached hydrogen (secondary N) is 1. The Balaban J connectivity index is 1.96. The highest BCUT2D eigenvalue weighted by Crippen LogP contribution is 2.33. The van der Waals surface area contributed by atoms with Gasteiger partial charge in [-0.1, -0.05) is 18.2 Å². The van der Waals surface area contributed by atoms with Gasteiger partial charge in [0.25, 0.3) is 5.91 Å². The molecule has 2 bridgehead atoms. The van der Waals surface area contributed by atoms with Crippen molar-refractivity contribution < 1.29 is 19.1 Å². The van der Waals surface area contributed by atoms with Gasteiger partial charge in [0, 0.05) is 5.69 Å². The van der Waals surface area contributed by atoms with Gasteiger partial charge in [-0.3, -0.25) is 19.3 Å². The smallest absolute Gasteiger partial charge is 0.311 e. The lowest BCUT2D eigenvalue weighted by Crippen LogP contribution is -2.72. The Hall–Kier alpha value is -2.37. The number of rotatable bonds is 2. The van der Waals surface area contributed by atoms with E-state index >= 15 is 0 Å². The van der Waals surface area contributed by atoms with Crippen LogP contribution in [0.3, 0.4) is 0 Å². The number of carbonyl (C=O) groups is 3. The number of piperidine rings is 2. The molecule has 6 nitrogen and oxygen atoms in total. The molecule has 1 aromatic rings. The number of amides is 2. The first kappa shape index (κ1) is 12.7. The minimum atomic E-state index is -0.833. The van der Waals surface area contributed by atoms with Gasteiger partial charge >= 0.3 is 5.97 Å². The molecule has 0 saturated carbocycles. The van der Waals surface area contributed by atoms with Crippen LogP contribution in [0.25, 0.3) is 0 Å². The average Bonchev–Trinajstić information content (AvgIpc) is 2.48. The van der Waals surface area contributed by atoms with Gasteiger partial charge < -0.3 is 10.1 Å². The van der Waals surface area contributed by atoms with Crippen LogP contribution < -0.4 is 10.2 Å². The van der Waals surface area contributed by atoms with E-state index in [0.29, 0.717) is 12.1 Å². The molecule has 0 spiro atoms. The van der Waals surface area contributed by atoms with Crippen LogP contribution >= 0.6 is 0 Å². The summed E-state index contributed by atoms with van der Waals surface area (Å²) in [5.74, 6) is -1.54. The van der Waals surface area contributed by atoms with E-state index in [1.807, 2.05) is 6.07 Å². The van der Waals surface area contributed by atoms with Crippen molar-refractivity contribution in [3.63, 3.8) is 0 Å². The van der Waals surface area contributed by atoms with E-state index in [9.17, 15) is 14.4 Å². The number of methoxy groups -OCH3 is 1. The maximum atomic E-state index is 12.5. The van der Waals surface area contributed by atoms with Crippen LogP contribution in [0.5, 0.6) is 0 Å². The maximum Gasteiger partial charge on any atom is 0.311 e. The molecule has 0 radical (unpaired) electrons. The first-order valence-electron chi connectivity index (χ1n) is 6.40. The Morgan fingerprint density at radius 1 is 1.30 bits per heavy atom. The number of hydrogen-bond donors (Lipinski definition) is 1. The van der Waals surface area contributed by atoms with E-state index in [2.05, 4.69) is 5.32 Å². The summed E-state index contributed by atoms with van der Waals surface area (Å²) < 4.78 is 4.71. The third-order valence-corrected chi connectivity index (χ3v) is 3.83. The molecular formula is C14H14N2O4. The molecular weight excluding hydrogens is 260 g/mol. The topological polar surface area (TPSA) is 75.7 Å². The molecule has 1 aromatic carbocycles. The van der Waals surface area contributed by atoms with E-state index in [1.165, 1.54) is 12.0 Å². The van der Waals surface area contributed by atoms with Crippen LogP contribution in [0.1, 0.15) is 6.42 Å². The number of piperazine rings is 1. The van der Waals surface area contributed by atoms with E-state index < -0.39 is 24.0 Å². The standard InChI is InChI=1S/C14H14N2O4/c1-20-14(19)9-7-10-12(17)15-11(9)13(18)16(10)8-5-3-2-4-6-8/h2-6,9-11H,7H2,1H3,(H,15,17)/t9-,10+,11+/m0/s1. The molecule has 104 valence electrons. The predicted molar refractivity (Wildman–Crippen MR) is 69.8 cm³/mol. The van der Waals surface area contributed by atoms with Crippen molar-refractivity contribution in [2.75, 3.05) is 12.0 Å². The zero-order chi connectivity index (χ0) is 14.3. The summed E-state index contributed by atoms with van der Waals surface area (Å²) >= 11 is 0. The lowest BCUT2D eigenvalue weighted by molar-refractivity contribution is -0.154. The molecule has 3 aliphatic rings. The van der Waals surface area contributed by atoms with Gasteiger partial charge in [0.05, 0.1) is 13.0 Å². The molecule has 4 rings (SSSR count). The largest absolute Gasteiger partial charge is 0.469 e. The molecule has 2 amide bonds. The summed E-state index contributed by atoms with van der Waals surface area (Å²) in [7, 11) is 1.28. The Morgan fingerprint density at radius 3 is 2.65 bits per heavy atom. The number of fused-ring (bicyclic) bond motifs is 3. The van der Waals surface area contributed by atoms with Crippen molar-refractivity contribution in [2.24, 2.45) is 5.92 Å². The number of ether oxygens (including phenoxy) is 1. The molecule has 3 fully saturated rings. The summed E-state index contributed by atoms with van der Waals surface area (Å²) in [4.78, 5) is 37.6. The quantitative estimate of drug-likeness (QED) is 0.775. The van der Waals surface area contributed by atoms with E-state index in [-0.39, 0.29) is 11.8 Å². The molecule has 0 unspecified atom stereocenters. The molecule has 0 aromatic heterocycles. The van der Waals surface area contributed by atoms with E-state index in [0.717, 1.165) is 0 Å². The lowest BCUT2D eigenvalue weighted by Gasteiger charge is -2.46. The number of nitrogens with zero attached hydrogens (tertiary/aromatic N) is 1. The van der Waals surface area contributed by atoms with Crippen LogP contribution in [0.2, 0.25) is 0 Å². The van der Waals surface area contributed by atoms with E-state index in [4.69, 9.17) is 4.74 Å². The molecule has 1 N–H and O–H groups in total. The molecule has 0 aliphatic carbocycles. The van der Waals surface area contributed by atoms with Crippen molar-refractivity contribution in [1.29, 1.82) is 0 Å². The third-order valence-electron chi connectivity index (χ3n) is 3.83. The minimum Gasteiger partial charge on any atom is -0.469 e. The summed E-state index contributed by atoms with van der Waals surface area (Å²) in [6.07, 6.45) is 0.295. The number of hydrogen-bond acceptors (Lipinski definition) is 4. The van der Waals surface area contributed by atoms with Gasteiger partial charge in [-0.25, -0.2) is 0 Å². The van der Waals surface area contributed by atoms with Crippen molar-refractivity contribution in [2.45, 2.75) is 18.5 Å². The van der Waals surface area contributed by atoms with Gasteiger partial charge in [0.2, 0.25) is 5.91 Å². The minimum absolute atomic E-state index is 0.224. The summed E-state index contributed by atoms with van der Waals surface area (Å²) in [5, 5.41) is 2.60. The normalized spacial score (nSPS) is 28.2. The second-order valence-electron chi connectivity index (χ2n) is 4.91. The van der Waals surface area contributed by atoms with Gasteiger partial charge in [0.15, 0.2) is 0 Å². The van der Waals surface area contributed by atoms with Crippen LogP contribution in [-0.2, 0) is 19.1 Å². The van der Waals surface area contributed by atoms with Crippen molar-refractivity contribution in [3.05, 3.63) is 30.3 Å². The number of esters is 1. The first-order valence-corrected chi connectivity index (χ1v) is 6.40. The fraction of sp³-hybridized carbons (Fsp3) is 0.357. The summed E-state index contributed by atoms with van der Waals surface area (Å²) in [6.45, 7) is 0. The Morgan fingerprint density at radius 2 is 2.00 bits per heavy atom. The highest BCUT2D eigenvalue weighted by molar-refractivity contribution is 6.11. The predicted octanol–water partition coefficient (Wildman–Crippen LogP) is 0.0795. The number of anilines is 1. The van der Waals surface area contributed by atoms with Crippen molar-refractivity contribution >= 4 is 23.5 Å². The molecule has 20 heavy (non-hydrogen) atoms. The van der Waals surface area contributed by atoms with Crippen LogP contribution in [0.4, 0.5) is 5.69 Å². The zero-order valence-corrected chi connectivity index (χ0v) is 10.9. The Labute approximate surface area is 115 Å². The van der Waals surface area contributed by atoms with Gasteiger partial charge in [-0.15, -0.1) is 0 Å². The molecule has 6 heteroatoms. The second-order valence-corrected chi connectivity index (χ2v) is 4.91. The fourth-order valence-corrected chi connectivity index (χ4v) is 2.87. The van der Waals surface area contributed by atoms with Gasteiger partial charge in [-0.2, -0.15) is 0 Å². The highest BCUT2D eigenvalue weighted by Gasteiger charge is 2.54. The number of benzene rings is 1. The molecule has 3 heterocycles. The molecule has 3 atom stereocenters. The summed E-state index contributed by atoms with van der Waals surface area (Å²) in [5.41, 5.74) is 0.672. The Bertz CT molecular complexity index is 572. The molecule has 3 saturated heterocycles. The van der Waals surface area contributed by atoms with Crippen LogP contribution in [0.15, 0.2) is 30.3 Å². The highest BCUT2D eigenvalue weighted by atomic mass is 16.5. The zero-order valence-electron chi connectivity index (χ0n) is 10.9.